The molecule has 0 unspecified atom stereocenters. The number of carboxylic acid groups (broad SMARTS) is 1. The Kier molecular flexibility index (Phi) is 9.20. The van der Waals surface area contributed by atoms with Crippen molar-refractivity contribution in [2.24, 2.45) is 0 Å². The zero-order valence-electron chi connectivity index (χ0n) is 22.7. The van der Waals surface area contributed by atoms with Gasteiger partial charge in [-0.3, -0.25) is 4.90 Å². The van der Waals surface area contributed by atoms with Crippen LogP contribution in [0.1, 0.15) is 37.5 Å². The molecule has 0 aliphatic heterocycles. The van der Waals surface area contributed by atoms with Crippen LogP contribution in [0.3, 0.4) is 0 Å². The summed E-state index contributed by atoms with van der Waals surface area (Å²) in [5, 5.41) is 9.94. The van der Waals surface area contributed by atoms with Gasteiger partial charge >= 0.3 is 18.4 Å². The van der Waals surface area contributed by atoms with Crippen LogP contribution in [-0.2, 0) is 27.5 Å². The average molecular weight is 585 g/mol. The third-order valence-electron chi connectivity index (χ3n) is 4.99. The van der Waals surface area contributed by atoms with Gasteiger partial charge in [-0.1, -0.05) is 37.7 Å². The maximum Gasteiger partial charge on any atom is 0.424 e. The number of carbonyl (C=O) groups excluding carboxylic acids is 1. The Labute approximate surface area is 227 Å². The highest BCUT2D eigenvalue weighted by Gasteiger charge is 2.32. The second-order valence-electron chi connectivity index (χ2n) is 10.7. The summed E-state index contributed by atoms with van der Waals surface area (Å²) in [6.07, 6.45) is -7.07. The van der Waals surface area contributed by atoms with E-state index in [0.29, 0.717) is 4.31 Å². The Morgan fingerprint density at radius 2 is 1.59 bits per heavy atom. The number of anilines is 1. The standard InChI is InChI=1S/C26H31F3N2O6SSi/c1-25(2,3)37-24(34)30(4)38(35,36)21-12-13-22(19(16-21)14-15-39(5,6)7)31(23(32)33)17-18-8-10-20(11-9-18)26(27,28)29/h8-13,16H,17H2,1-7H3,(H,32,33). The van der Waals surface area contributed by atoms with Gasteiger partial charge in [0.15, 0.2) is 0 Å². The summed E-state index contributed by atoms with van der Waals surface area (Å²) in [4.78, 5) is 25.2. The van der Waals surface area contributed by atoms with Gasteiger partial charge in [-0.25, -0.2) is 22.3 Å². The van der Waals surface area contributed by atoms with Crippen molar-refractivity contribution in [3.05, 3.63) is 59.2 Å². The lowest BCUT2D eigenvalue weighted by Gasteiger charge is -2.25. The van der Waals surface area contributed by atoms with Gasteiger partial charge in [0.05, 0.1) is 22.7 Å². The molecule has 39 heavy (non-hydrogen) atoms. The molecule has 1 N–H and O–H groups in total. The van der Waals surface area contributed by atoms with Crippen molar-refractivity contribution in [3.63, 3.8) is 0 Å². The van der Waals surface area contributed by atoms with Crippen LogP contribution >= 0.6 is 0 Å². The Morgan fingerprint density at radius 3 is 2.05 bits per heavy atom. The van der Waals surface area contributed by atoms with E-state index in [1.54, 1.807) is 20.8 Å². The molecule has 13 heteroatoms. The minimum Gasteiger partial charge on any atom is -0.465 e. The second kappa shape index (κ2) is 11.3. The van der Waals surface area contributed by atoms with Crippen molar-refractivity contribution < 1.29 is 41.0 Å². The largest absolute Gasteiger partial charge is 0.465 e. The number of ether oxygens (including phenoxy) is 1. The van der Waals surface area contributed by atoms with Crippen LogP contribution < -0.4 is 4.90 Å². The normalized spacial score (nSPS) is 12.3. The molecule has 0 saturated heterocycles. The minimum absolute atomic E-state index is 0.0343. The molecule has 0 bridgehead atoms. The molecular formula is C26H31F3N2O6SSi. The Bertz CT molecular complexity index is 1400. The van der Waals surface area contributed by atoms with E-state index >= 15 is 0 Å². The summed E-state index contributed by atoms with van der Waals surface area (Å²) in [7, 11) is -5.38. The molecule has 0 aliphatic rings. The summed E-state index contributed by atoms with van der Waals surface area (Å²) in [5.41, 5.74) is 1.61. The molecule has 2 aromatic carbocycles. The summed E-state index contributed by atoms with van der Waals surface area (Å²) in [6, 6.07) is 7.58. The molecule has 0 aromatic heterocycles. The van der Waals surface area contributed by atoms with Gasteiger partial charge in [0.25, 0.3) is 10.0 Å². The van der Waals surface area contributed by atoms with Gasteiger partial charge in [-0.2, -0.15) is 13.2 Å². The molecule has 0 fully saturated rings. The number of alkyl halides is 3. The number of halogens is 3. The molecule has 0 aliphatic carbocycles. The fourth-order valence-electron chi connectivity index (χ4n) is 3.09. The first kappa shape index (κ1) is 31.7. The quantitative estimate of drug-likeness (QED) is 0.333. The van der Waals surface area contributed by atoms with Crippen molar-refractivity contribution >= 4 is 36.0 Å². The van der Waals surface area contributed by atoms with Gasteiger partial charge in [0.1, 0.15) is 13.7 Å². The van der Waals surface area contributed by atoms with E-state index in [2.05, 4.69) is 11.5 Å². The fourth-order valence-corrected chi connectivity index (χ4v) is 4.65. The molecule has 212 valence electrons. The lowest BCUT2D eigenvalue weighted by Crippen LogP contribution is -2.38. The van der Waals surface area contributed by atoms with Crippen molar-refractivity contribution in [1.29, 1.82) is 0 Å². The lowest BCUT2D eigenvalue weighted by molar-refractivity contribution is -0.137. The van der Waals surface area contributed by atoms with E-state index in [-0.39, 0.29) is 28.3 Å². The fraction of sp³-hybridized carbons (Fsp3) is 0.385. The second-order valence-corrected chi connectivity index (χ2v) is 17.4. The number of carbonyl (C=O) groups is 2. The van der Waals surface area contributed by atoms with Crippen molar-refractivity contribution in [1.82, 2.24) is 4.31 Å². The lowest BCUT2D eigenvalue weighted by atomic mass is 10.1. The molecular weight excluding hydrogens is 553 g/mol. The Morgan fingerprint density at radius 1 is 1.03 bits per heavy atom. The van der Waals surface area contributed by atoms with Gasteiger partial charge in [0.2, 0.25) is 0 Å². The molecule has 0 saturated carbocycles. The van der Waals surface area contributed by atoms with E-state index in [4.69, 9.17) is 4.74 Å². The highest BCUT2D eigenvalue weighted by atomic mass is 32.2. The first-order valence-electron chi connectivity index (χ1n) is 11.7. The number of nitrogens with zero attached hydrogens (tertiary/aromatic N) is 2. The van der Waals surface area contributed by atoms with Gasteiger partial charge < -0.3 is 9.84 Å². The third kappa shape index (κ3) is 8.76. The molecule has 2 rings (SSSR count). The van der Waals surface area contributed by atoms with Crippen LogP contribution in [0.4, 0.5) is 28.4 Å². The molecule has 0 radical (unpaired) electrons. The molecule has 0 atom stereocenters. The van der Waals surface area contributed by atoms with Crippen LogP contribution in [-0.4, -0.2) is 50.7 Å². The first-order valence-corrected chi connectivity index (χ1v) is 16.6. The van der Waals surface area contributed by atoms with E-state index in [1.807, 2.05) is 19.6 Å². The van der Waals surface area contributed by atoms with E-state index in [9.17, 15) is 36.3 Å². The topological polar surface area (TPSA) is 104 Å². The number of benzene rings is 2. The molecule has 2 aromatic rings. The van der Waals surface area contributed by atoms with Gasteiger partial charge in [-0.05, 0) is 56.7 Å². The number of rotatable bonds is 5. The minimum atomic E-state index is -4.54. The smallest absolute Gasteiger partial charge is 0.424 e. The summed E-state index contributed by atoms with van der Waals surface area (Å²) >= 11 is 0. The predicted octanol–water partition coefficient (Wildman–Crippen LogP) is 6.17. The number of hydrogen-bond acceptors (Lipinski definition) is 5. The Hall–Kier alpha value is -3.50. The van der Waals surface area contributed by atoms with E-state index < -0.39 is 47.6 Å². The highest BCUT2D eigenvalue weighted by Crippen LogP contribution is 2.31. The predicted molar refractivity (Wildman–Crippen MR) is 144 cm³/mol. The summed E-state index contributed by atoms with van der Waals surface area (Å²) < 4.78 is 70.8. The molecule has 2 amide bonds. The number of amides is 2. The van der Waals surface area contributed by atoms with Crippen LogP contribution in [0.15, 0.2) is 47.4 Å². The van der Waals surface area contributed by atoms with Crippen LogP contribution in [0.25, 0.3) is 0 Å². The van der Waals surface area contributed by atoms with Crippen molar-refractivity contribution in [2.45, 2.75) is 63.6 Å². The van der Waals surface area contributed by atoms with Gasteiger partial charge in [0, 0.05) is 12.6 Å². The highest BCUT2D eigenvalue weighted by molar-refractivity contribution is 7.89. The van der Waals surface area contributed by atoms with Crippen LogP contribution in [0.2, 0.25) is 19.6 Å². The zero-order chi connectivity index (χ0) is 30.0. The molecule has 0 heterocycles. The van der Waals surface area contributed by atoms with Gasteiger partial charge in [-0.15, -0.1) is 5.54 Å². The van der Waals surface area contributed by atoms with E-state index in [1.165, 1.54) is 24.3 Å². The van der Waals surface area contributed by atoms with Crippen molar-refractivity contribution in [3.8, 4) is 11.5 Å². The average Bonchev–Trinajstić information content (AvgIpc) is 2.78. The molecule has 8 nitrogen and oxygen atoms in total. The third-order valence-corrected chi connectivity index (χ3v) is 7.59. The maximum atomic E-state index is 13.2. The van der Waals surface area contributed by atoms with E-state index in [0.717, 1.165) is 30.1 Å². The summed E-state index contributed by atoms with van der Waals surface area (Å²) in [5.74, 6) is 2.88. The molecule has 0 spiro atoms. The van der Waals surface area contributed by atoms with Crippen molar-refractivity contribution in [2.75, 3.05) is 11.9 Å². The maximum absolute atomic E-state index is 13.2. The Balaban J connectivity index is 2.59. The zero-order valence-corrected chi connectivity index (χ0v) is 24.5. The number of hydrogen-bond donors (Lipinski definition) is 1. The summed E-state index contributed by atoms with van der Waals surface area (Å²) in [6.45, 7) is 10.2. The van der Waals surface area contributed by atoms with Crippen LogP contribution in [0, 0.1) is 11.5 Å². The van der Waals surface area contributed by atoms with Crippen LogP contribution in [0.5, 0.6) is 0 Å². The first-order chi connectivity index (χ1) is 17.6. The SMILES string of the molecule is CN(C(=O)OC(C)(C)C)S(=O)(=O)c1ccc(N(Cc2ccc(C(F)(F)F)cc2)C(=O)O)c(C#C[Si](C)(C)C)c1. The number of sulfonamides is 1. The monoisotopic (exact) mass is 584 g/mol.